The Kier molecular flexibility index (Phi) is 2.71. The molecule has 0 saturated carbocycles. The van der Waals surface area contributed by atoms with E-state index in [1.165, 1.54) is 12.2 Å². The maximum absolute atomic E-state index is 11.0. The largest absolute Gasteiger partial charge is 0.399 e. The maximum atomic E-state index is 11.0. The number of aliphatic hydroxyl groups is 1. The second-order valence-corrected chi connectivity index (χ2v) is 4.85. The second-order valence-electron chi connectivity index (χ2n) is 3.24. The van der Waals surface area contributed by atoms with Crippen molar-refractivity contribution in [3.8, 4) is 0 Å². The van der Waals surface area contributed by atoms with Gasteiger partial charge in [0.05, 0.1) is 0 Å². The molecule has 0 amide bonds. The van der Waals surface area contributed by atoms with Crippen molar-refractivity contribution in [3.63, 3.8) is 0 Å². The lowest BCUT2D eigenvalue weighted by molar-refractivity contribution is 0.113. The van der Waals surface area contributed by atoms with Crippen LogP contribution in [-0.4, -0.2) is 23.0 Å². The van der Waals surface area contributed by atoms with E-state index in [0.29, 0.717) is 12.1 Å². The third kappa shape index (κ3) is 1.68. The zero-order valence-electron chi connectivity index (χ0n) is 7.71. The molecule has 0 spiro atoms. The van der Waals surface area contributed by atoms with E-state index in [2.05, 4.69) is 0 Å². The number of hydrogen-bond acceptors (Lipinski definition) is 4. The Balaban J connectivity index is 3.20. The van der Waals surface area contributed by atoms with Crippen LogP contribution < -0.4 is 5.73 Å². The number of hydrogen-bond donors (Lipinski definition) is 3. The molecule has 0 radical (unpaired) electrons. The van der Waals surface area contributed by atoms with Crippen molar-refractivity contribution < 1.29 is 18.1 Å². The summed E-state index contributed by atoms with van der Waals surface area (Å²) in [7, 11) is -4.54. The third-order valence-corrected chi connectivity index (χ3v) is 3.56. The highest BCUT2D eigenvalue weighted by Gasteiger charge is 2.45. The molecule has 0 aromatic carbocycles. The lowest BCUT2D eigenvalue weighted by Crippen LogP contribution is -2.44. The minimum Gasteiger partial charge on any atom is -0.399 e. The van der Waals surface area contributed by atoms with Crippen LogP contribution in [0.5, 0.6) is 0 Å². The molecule has 5 nitrogen and oxygen atoms in total. The summed E-state index contributed by atoms with van der Waals surface area (Å²) in [6.07, 6.45) is 4.06. The van der Waals surface area contributed by atoms with Crippen LogP contribution in [0.3, 0.4) is 0 Å². The number of allylic oxidation sites excluding steroid dienone is 1. The molecule has 1 aliphatic carbocycles. The van der Waals surface area contributed by atoms with Gasteiger partial charge in [-0.05, 0) is 18.6 Å². The molecule has 2 unspecified atom stereocenters. The summed E-state index contributed by atoms with van der Waals surface area (Å²) in [6.45, 7) is 1.70. The van der Waals surface area contributed by atoms with Gasteiger partial charge in [-0.3, -0.25) is 4.55 Å². The van der Waals surface area contributed by atoms with Gasteiger partial charge in [-0.2, -0.15) is 8.42 Å². The standard InChI is InChI=1S/C8H13NO4S/c1-2-6-5-7(9)3-4-8(6,10)14(11,12)13/h3-6,10H,2,9H2,1H3,(H,11,12,13). The molecule has 0 aromatic heterocycles. The molecule has 14 heavy (non-hydrogen) atoms. The van der Waals surface area contributed by atoms with E-state index in [4.69, 9.17) is 10.3 Å². The van der Waals surface area contributed by atoms with Gasteiger partial charge < -0.3 is 10.8 Å². The molecule has 0 saturated heterocycles. The Morgan fingerprint density at radius 1 is 1.64 bits per heavy atom. The SMILES string of the molecule is CCC1C=C(N)C=CC1(O)S(=O)(=O)O. The first-order valence-corrected chi connectivity index (χ1v) is 5.61. The van der Waals surface area contributed by atoms with E-state index in [0.717, 1.165) is 6.08 Å². The smallest absolute Gasteiger partial charge is 0.299 e. The van der Waals surface area contributed by atoms with Gasteiger partial charge in [-0.1, -0.05) is 13.0 Å². The van der Waals surface area contributed by atoms with Crippen molar-refractivity contribution >= 4 is 10.1 Å². The van der Waals surface area contributed by atoms with Gasteiger partial charge in [-0.25, -0.2) is 0 Å². The molecule has 1 aliphatic rings. The van der Waals surface area contributed by atoms with Gasteiger partial charge in [0, 0.05) is 11.6 Å². The summed E-state index contributed by atoms with van der Waals surface area (Å²) in [5.74, 6) is -0.720. The van der Waals surface area contributed by atoms with Crippen molar-refractivity contribution in [2.24, 2.45) is 11.7 Å². The third-order valence-electron chi connectivity index (χ3n) is 2.29. The predicted molar refractivity (Wildman–Crippen MR) is 51.7 cm³/mol. The fourth-order valence-corrected chi connectivity index (χ4v) is 2.29. The maximum Gasteiger partial charge on any atom is 0.299 e. The van der Waals surface area contributed by atoms with Gasteiger partial charge in [0.2, 0.25) is 4.93 Å². The fourth-order valence-electron chi connectivity index (χ4n) is 1.43. The van der Waals surface area contributed by atoms with E-state index in [1.54, 1.807) is 6.92 Å². The summed E-state index contributed by atoms with van der Waals surface area (Å²) in [4.78, 5) is -2.25. The molecule has 2 atom stereocenters. The van der Waals surface area contributed by atoms with Gasteiger partial charge in [0.1, 0.15) is 0 Å². The van der Waals surface area contributed by atoms with Crippen molar-refractivity contribution in [1.29, 1.82) is 0 Å². The molecule has 4 N–H and O–H groups in total. The second kappa shape index (κ2) is 3.38. The molecular formula is C8H13NO4S. The highest BCUT2D eigenvalue weighted by Crippen LogP contribution is 2.32. The fraction of sp³-hybridized carbons (Fsp3) is 0.500. The Labute approximate surface area is 82.7 Å². The van der Waals surface area contributed by atoms with E-state index in [1.807, 2.05) is 0 Å². The van der Waals surface area contributed by atoms with E-state index < -0.39 is 21.0 Å². The molecule has 0 aliphatic heterocycles. The van der Waals surface area contributed by atoms with Crippen molar-refractivity contribution in [1.82, 2.24) is 0 Å². The van der Waals surface area contributed by atoms with Gasteiger partial charge in [-0.15, -0.1) is 0 Å². The minimum absolute atomic E-state index is 0.362. The van der Waals surface area contributed by atoms with Crippen LogP contribution in [0.15, 0.2) is 23.9 Å². The Bertz CT molecular complexity index is 384. The summed E-state index contributed by atoms with van der Waals surface area (Å²) in [6, 6.07) is 0. The van der Waals surface area contributed by atoms with Gasteiger partial charge >= 0.3 is 0 Å². The normalized spacial score (nSPS) is 32.8. The van der Waals surface area contributed by atoms with Crippen LogP contribution >= 0.6 is 0 Å². The number of rotatable bonds is 2. The summed E-state index contributed by atoms with van der Waals surface area (Å²) in [5.41, 5.74) is 5.83. The van der Waals surface area contributed by atoms with Crippen LogP contribution in [0, 0.1) is 5.92 Å². The summed E-state index contributed by atoms with van der Waals surface area (Å²) < 4.78 is 30.8. The quantitative estimate of drug-likeness (QED) is 0.567. The highest BCUT2D eigenvalue weighted by molar-refractivity contribution is 7.87. The number of nitrogens with two attached hydrogens (primary N) is 1. The van der Waals surface area contributed by atoms with Crippen molar-refractivity contribution in [3.05, 3.63) is 23.9 Å². The van der Waals surface area contributed by atoms with Crippen molar-refractivity contribution in [2.45, 2.75) is 18.3 Å². The molecule has 0 aromatic rings. The lowest BCUT2D eigenvalue weighted by Gasteiger charge is -2.30. The molecule has 0 bridgehead atoms. The van der Waals surface area contributed by atoms with E-state index in [9.17, 15) is 13.5 Å². The monoisotopic (exact) mass is 219 g/mol. The van der Waals surface area contributed by atoms with Crippen LogP contribution in [0.2, 0.25) is 0 Å². The van der Waals surface area contributed by atoms with Crippen LogP contribution in [0.1, 0.15) is 13.3 Å². The predicted octanol–water partition coefficient (Wildman–Crippen LogP) is 0.00140. The molecule has 0 heterocycles. The first kappa shape index (κ1) is 11.2. The zero-order chi connectivity index (χ0) is 11.0. The zero-order valence-corrected chi connectivity index (χ0v) is 8.53. The van der Waals surface area contributed by atoms with Crippen LogP contribution in [0.25, 0.3) is 0 Å². The van der Waals surface area contributed by atoms with E-state index in [-0.39, 0.29) is 0 Å². The molecule has 1 rings (SSSR count). The molecule has 6 heteroatoms. The van der Waals surface area contributed by atoms with E-state index >= 15 is 0 Å². The molecular weight excluding hydrogens is 206 g/mol. The lowest BCUT2D eigenvalue weighted by atomic mass is 9.93. The Morgan fingerprint density at radius 2 is 2.21 bits per heavy atom. The molecule has 80 valence electrons. The highest BCUT2D eigenvalue weighted by atomic mass is 32.2. The molecule has 0 fully saturated rings. The topological polar surface area (TPSA) is 101 Å². The minimum atomic E-state index is -4.54. The van der Waals surface area contributed by atoms with Gasteiger partial charge in [0.25, 0.3) is 10.1 Å². The van der Waals surface area contributed by atoms with Crippen LogP contribution in [0.4, 0.5) is 0 Å². The van der Waals surface area contributed by atoms with Crippen LogP contribution in [-0.2, 0) is 10.1 Å². The van der Waals surface area contributed by atoms with Crippen molar-refractivity contribution in [2.75, 3.05) is 0 Å². The summed E-state index contributed by atoms with van der Waals surface area (Å²) in [5, 5.41) is 9.76. The average molecular weight is 219 g/mol. The Hall–Kier alpha value is -0.850. The first-order valence-electron chi connectivity index (χ1n) is 4.17. The first-order chi connectivity index (χ1) is 6.31. The average Bonchev–Trinajstić information content (AvgIpc) is 2.07. The summed E-state index contributed by atoms with van der Waals surface area (Å²) >= 11 is 0. The van der Waals surface area contributed by atoms with Gasteiger partial charge in [0.15, 0.2) is 0 Å². The Morgan fingerprint density at radius 3 is 2.64 bits per heavy atom.